The zero-order valence-corrected chi connectivity index (χ0v) is 9.98. The van der Waals surface area contributed by atoms with Crippen molar-refractivity contribution >= 4 is 18.0 Å². The van der Waals surface area contributed by atoms with Crippen molar-refractivity contribution in [3.8, 4) is 0 Å². The molecule has 0 aliphatic rings. The lowest BCUT2D eigenvalue weighted by molar-refractivity contribution is -0.130. The third kappa shape index (κ3) is 7.24. The van der Waals surface area contributed by atoms with Gasteiger partial charge in [0.25, 0.3) is 0 Å². The summed E-state index contributed by atoms with van der Waals surface area (Å²) in [6, 6.07) is -0.614. The number of aliphatic imine (C=N–C) groups is 1. The minimum absolute atomic E-state index is 0.271. The quantitative estimate of drug-likeness (QED) is 0.398. The molecule has 0 radical (unpaired) electrons. The van der Waals surface area contributed by atoms with E-state index in [0.29, 0.717) is 19.3 Å². The monoisotopic (exact) mass is 241 g/mol. The molecule has 0 aromatic rings. The highest BCUT2D eigenvalue weighted by atomic mass is 16.3. The first-order chi connectivity index (χ1) is 8.15. The molecule has 6 nitrogen and oxygen atoms in total. The van der Waals surface area contributed by atoms with Crippen LogP contribution < -0.4 is 10.6 Å². The topological polar surface area (TPSA) is 90.8 Å². The third-order valence-electron chi connectivity index (χ3n) is 2.08. The van der Waals surface area contributed by atoms with E-state index < -0.39 is 18.6 Å². The van der Waals surface area contributed by atoms with Gasteiger partial charge in [-0.2, -0.15) is 0 Å². The van der Waals surface area contributed by atoms with Gasteiger partial charge in [-0.3, -0.25) is 14.6 Å². The molecule has 0 unspecified atom stereocenters. The van der Waals surface area contributed by atoms with Crippen LogP contribution in [0.4, 0.5) is 0 Å². The van der Waals surface area contributed by atoms with Gasteiger partial charge in [-0.1, -0.05) is 6.58 Å². The molecule has 0 fully saturated rings. The van der Waals surface area contributed by atoms with Gasteiger partial charge in [0, 0.05) is 19.5 Å². The first-order valence-electron chi connectivity index (χ1n) is 5.40. The van der Waals surface area contributed by atoms with Crippen molar-refractivity contribution in [2.24, 2.45) is 4.99 Å². The summed E-state index contributed by atoms with van der Waals surface area (Å²) in [5, 5.41) is 13.5. The van der Waals surface area contributed by atoms with Crippen LogP contribution in [0.3, 0.4) is 0 Å². The van der Waals surface area contributed by atoms with E-state index >= 15 is 0 Å². The van der Waals surface area contributed by atoms with Crippen molar-refractivity contribution in [1.29, 1.82) is 0 Å². The largest absolute Gasteiger partial charge is 0.387 e. The Balaban J connectivity index is 4.10. The fourth-order valence-corrected chi connectivity index (χ4v) is 1.25. The van der Waals surface area contributed by atoms with Gasteiger partial charge in [-0.05, 0) is 19.3 Å². The van der Waals surface area contributed by atoms with E-state index in [1.165, 1.54) is 13.2 Å². The van der Waals surface area contributed by atoms with Crippen LogP contribution in [-0.4, -0.2) is 42.8 Å². The van der Waals surface area contributed by atoms with Crippen molar-refractivity contribution in [2.45, 2.75) is 25.3 Å². The van der Waals surface area contributed by atoms with Crippen LogP contribution in [0, 0.1) is 0 Å². The SMILES string of the molecule is C=C/N=C\CCC[C@H](NC(=O)CO)C(=O)NC. The fraction of sp³-hybridized carbons (Fsp3) is 0.545. The van der Waals surface area contributed by atoms with Crippen molar-refractivity contribution in [3.63, 3.8) is 0 Å². The van der Waals surface area contributed by atoms with E-state index in [9.17, 15) is 9.59 Å². The first kappa shape index (κ1) is 15.3. The average molecular weight is 241 g/mol. The second kappa shape index (κ2) is 9.53. The van der Waals surface area contributed by atoms with Crippen LogP contribution in [0.25, 0.3) is 0 Å². The predicted molar refractivity (Wildman–Crippen MR) is 65.6 cm³/mol. The minimum atomic E-state index is -0.620. The maximum Gasteiger partial charge on any atom is 0.246 e. The molecule has 1 atom stereocenters. The molecule has 17 heavy (non-hydrogen) atoms. The fourth-order valence-electron chi connectivity index (χ4n) is 1.25. The number of rotatable bonds is 8. The average Bonchev–Trinajstić information content (AvgIpc) is 2.35. The van der Waals surface area contributed by atoms with Gasteiger partial charge >= 0.3 is 0 Å². The lowest BCUT2D eigenvalue weighted by Gasteiger charge is -2.15. The number of hydrogen-bond donors (Lipinski definition) is 3. The number of nitrogens with one attached hydrogen (secondary N) is 2. The third-order valence-corrected chi connectivity index (χ3v) is 2.08. The highest BCUT2D eigenvalue weighted by Gasteiger charge is 2.18. The van der Waals surface area contributed by atoms with Gasteiger partial charge in [-0.25, -0.2) is 0 Å². The number of carbonyl (C=O) groups is 2. The molecule has 96 valence electrons. The van der Waals surface area contributed by atoms with Gasteiger partial charge in [0.05, 0.1) is 0 Å². The van der Waals surface area contributed by atoms with Crippen LogP contribution >= 0.6 is 0 Å². The molecule has 3 N–H and O–H groups in total. The first-order valence-corrected chi connectivity index (χ1v) is 5.40. The lowest BCUT2D eigenvalue weighted by Crippen LogP contribution is -2.46. The second-order valence-corrected chi connectivity index (χ2v) is 3.34. The van der Waals surface area contributed by atoms with Gasteiger partial charge in [-0.15, -0.1) is 0 Å². The molecule has 0 saturated carbocycles. The second-order valence-electron chi connectivity index (χ2n) is 3.34. The Hall–Kier alpha value is -1.69. The molecule has 6 heteroatoms. The van der Waals surface area contributed by atoms with Crippen molar-refractivity contribution < 1.29 is 14.7 Å². The molecular formula is C11H19N3O3. The van der Waals surface area contributed by atoms with E-state index in [-0.39, 0.29) is 5.91 Å². The van der Waals surface area contributed by atoms with E-state index in [1.54, 1.807) is 6.21 Å². The minimum Gasteiger partial charge on any atom is -0.387 e. The molecule has 0 aliphatic carbocycles. The number of likely N-dealkylation sites (N-methyl/N-ethyl adjacent to an activating group) is 1. The number of carbonyl (C=O) groups excluding carboxylic acids is 2. The number of amides is 2. The summed E-state index contributed by atoms with van der Waals surface area (Å²) in [6.07, 6.45) is 5.04. The van der Waals surface area contributed by atoms with Crippen LogP contribution in [-0.2, 0) is 9.59 Å². The Morgan fingerprint density at radius 1 is 1.53 bits per heavy atom. The summed E-state index contributed by atoms with van der Waals surface area (Å²) >= 11 is 0. The Kier molecular flexibility index (Phi) is 8.58. The summed E-state index contributed by atoms with van der Waals surface area (Å²) in [7, 11) is 1.50. The van der Waals surface area contributed by atoms with E-state index in [2.05, 4.69) is 22.2 Å². The van der Waals surface area contributed by atoms with Crippen molar-refractivity contribution in [1.82, 2.24) is 10.6 Å². The van der Waals surface area contributed by atoms with Gasteiger partial charge < -0.3 is 15.7 Å². The standard InChI is InChI=1S/C11H19N3O3/c1-3-13-7-5-4-6-9(11(17)12-2)14-10(16)8-15/h3,7,9,15H,1,4-6,8H2,2H3,(H,12,17)(H,14,16)/b13-7-/t9-/m0/s1. The number of aliphatic hydroxyl groups excluding tert-OH is 1. The van der Waals surface area contributed by atoms with Gasteiger partial charge in [0.2, 0.25) is 11.8 Å². The molecule has 0 spiro atoms. The van der Waals surface area contributed by atoms with Crippen LogP contribution in [0.5, 0.6) is 0 Å². The summed E-state index contributed by atoms with van der Waals surface area (Å²) < 4.78 is 0. The smallest absolute Gasteiger partial charge is 0.246 e. The maximum absolute atomic E-state index is 11.4. The highest BCUT2D eigenvalue weighted by molar-refractivity contribution is 5.87. The Morgan fingerprint density at radius 3 is 2.76 bits per heavy atom. The van der Waals surface area contributed by atoms with E-state index in [4.69, 9.17) is 5.11 Å². The molecule has 0 bridgehead atoms. The zero-order chi connectivity index (χ0) is 13.1. The molecule has 2 amide bonds. The van der Waals surface area contributed by atoms with E-state index in [1.807, 2.05) is 0 Å². The number of hydrogen-bond acceptors (Lipinski definition) is 4. The molecule has 0 rings (SSSR count). The number of unbranched alkanes of at least 4 members (excludes halogenated alkanes) is 1. The number of nitrogens with zero attached hydrogens (tertiary/aromatic N) is 1. The lowest BCUT2D eigenvalue weighted by atomic mass is 10.1. The van der Waals surface area contributed by atoms with Crippen LogP contribution in [0.15, 0.2) is 17.8 Å². The summed E-state index contributed by atoms with van der Waals surface area (Å²) in [6.45, 7) is 2.82. The van der Waals surface area contributed by atoms with E-state index in [0.717, 1.165) is 0 Å². The van der Waals surface area contributed by atoms with Gasteiger partial charge in [0.15, 0.2) is 0 Å². The molecule has 0 aromatic heterocycles. The zero-order valence-electron chi connectivity index (χ0n) is 9.98. The molecular weight excluding hydrogens is 222 g/mol. The highest BCUT2D eigenvalue weighted by Crippen LogP contribution is 2.00. The predicted octanol–water partition coefficient (Wildman–Crippen LogP) is -0.406. The molecule has 0 aliphatic heterocycles. The Bertz CT molecular complexity index is 290. The van der Waals surface area contributed by atoms with Crippen molar-refractivity contribution in [3.05, 3.63) is 12.8 Å². The Morgan fingerprint density at radius 2 is 2.24 bits per heavy atom. The van der Waals surface area contributed by atoms with Crippen molar-refractivity contribution in [2.75, 3.05) is 13.7 Å². The normalized spacial score (nSPS) is 12.1. The maximum atomic E-state index is 11.4. The number of aliphatic hydroxyl groups is 1. The summed E-state index contributed by atoms with van der Waals surface area (Å²) in [4.78, 5) is 26.2. The van der Waals surface area contributed by atoms with Crippen LogP contribution in [0.1, 0.15) is 19.3 Å². The molecule has 0 aromatic carbocycles. The molecule has 0 heterocycles. The summed E-state index contributed by atoms with van der Waals surface area (Å²) in [5.74, 6) is -0.828. The molecule has 0 saturated heterocycles. The van der Waals surface area contributed by atoms with Crippen LogP contribution in [0.2, 0.25) is 0 Å². The summed E-state index contributed by atoms with van der Waals surface area (Å²) in [5.41, 5.74) is 0. The Labute approximate surface area is 101 Å². The van der Waals surface area contributed by atoms with Gasteiger partial charge in [0.1, 0.15) is 12.6 Å².